The molecule has 0 saturated carbocycles. The lowest BCUT2D eigenvalue weighted by molar-refractivity contribution is -0.123. The van der Waals surface area contributed by atoms with E-state index in [0.29, 0.717) is 5.82 Å². The Bertz CT molecular complexity index is 496. The Hall–Kier alpha value is -2.21. The zero-order valence-electron chi connectivity index (χ0n) is 10.00. The molecule has 0 aliphatic carbocycles. The molecular formula is C12H15N5O. The zero-order chi connectivity index (χ0) is 13.0. The van der Waals surface area contributed by atoms with Crippen molar-refractivity contribution in [2.45, 2.75) is 19.0 Å². The highest BCUT2D eigenvalue weighted by molar-refractivity contribution is 5.83. The van der Waals surface area contributed by atoms with Crippen molar-refractivity contribution in [3.8, 4) is 0 Å². The van der Waals surface area contributed by atoms with Gasteiger partial charge < -0.3 is 11.1 Å². The first-order valence-corrected chi connectivity index (χ1v) is 5.64. The third kappa shape index (κ3) is 2.72. The summed E-state index contributed by atoms with van der Waals surface area (Å²) in [5, 5.41) is 9.22. The Morgan fingerprint density at radius 3 is 2.72 bits per heavy atom. The maximum Gasteiger partial charge on any atom is 0.242 e. The third-order valence-corrected chi connectivity index (χ3v) is 2.64. The topological polar surface area (TPSA) is 96.7 Å². The van der Waals surface area contributed by atoms with Crippen LogP contribution in [0.2, 0.25) is 0 Å². The van der Waals surface area contributed by atoms with Gasteiger partial charge in [-0.3, -0.25) is 9.89 Å². The van der Waals surface area contributed by atoms with Gasteiger partial charge in [0.05, 0.1) is 6.04 Å². The van der Waals surface area contributed by atoms with E-state index < -0.39 is 6.04 Å². The number of benzene rings is 1. The van der Waals surface area contributed by atoms with Crippen molar-refractivity contribution in [1.82, 2.24) is 20.5 Å². The van der Waals surface area contributed by atoms with Gasteiger partial charge in [-0.05, 0) is 12.5 Å². The van der Waals surface area contributed by atoms with Crippen molar-refractivity contribution >= 4 is 5.91 Å². The normalized spacial score (nSPS) is 13.9. The maximum absolute atomic E-state index is 12.0. The van der Waals surface area contributed by atoms with E-state index in [0.717, 1.165) is 5.56 Å². The number of carbonyl (C=O) groups is 1. The summed E-state index contributed by atoms with van der Waals surface area (Å²) in [4.78, 5) is 15.9. The fourth-order valence-electron chi connectivity index (χ4n) is 1.61. The number of aromatic amines is 1. The van der Waals surface area contributed by atoms with Gasteiger partial charge in [-0.15, -0.1) is 0 Å². The van der Waals surface area contributed by atoms with Crippen LogP contribution in [0.25, 0.3) is 0 Å². The van der Waals surface area contributed by atoms with E-state index in [4.69, 9.17) is 5.73 Å². The van der Waals surface area contributed by atoms with Crippen molar-refractivity contribution in [2.75, 3.05) is 0 Å². The Morgan fingerprint density at radius 2 is 2.11 bits per heavy atom. The van der Waals surface area contributed by atoms with Crippen molar-refractivity contribution in [3.05, 3.63) is 48.0 Å². The van der Waals surface area contributed by atoms with Crippen LogP contribution < -0.4 is 11.1 Å². The van der Waals surface area contributed by atoms with Gasteiger partial charge in [0.1, 0.15) is 18.2 Å². The van der Waals surface area contributed by atoms with E-state index in [1.165, 1.54) is 6.33 Å². The first-order valence-electron chi connectivity index (χ1n) is 5.64. The number of nitrogens with zero attached hydrogens (tertiary/aromatic N) is 2. The van der Waals surface area contributed by atoms with Crippen molar-refractivity contribution < 1.29 is 4.79 Å². The van der Waals surface area contributed by atoms with Crippen LogP contribution in [0, 0.1) is 0 Å². The van der Waals surface area contributed by atoms with E-state index in [2.05, 4.69) is 20.5 Å². The van der Waals surface area contributed by atoms with Crippen molar-refractivity contribution in [2.24, 2.45) is 5.73 Å². The lowest BCUT2D eigenvalue weighted by Crippen LogP contribution is -2.36. The number of nitrogens with two attached hydrogens (primary N) is 1. The van der Waals surface area contributed by atoms with Crippen LogP contribution in [-0.2, 0) is 4.79 Å². The molecule has 0 spiro atoms. The van der Waals surface area contributed by atoms with Gasteiger partial charge in [0, 0.05) is 0 Å². The van der Waals surface area contributed by atoms with Gasteiger partial charge in [-0.25, -0.2) is 4.98 Å². The van der Waals surface area contributed by atoms with Crippen LogP contribution in [0.3, 0.4) is 0 Å². The molecular weight excluding hydrogens is 230 g/mol. The molecule has 0 saturated heterocycles. The Labute approximate surface area is 105 Å². The minimum absolute atomic E-state index is 0.245. The SMILES string of the molecule is CC(NC(=O)[C@@H](N)c1ccccc1)c1ncn[nH]1. The predicted octanol–water partition coefficient (Wildman–Crippen LogP) is 0.682. The monoisotopic (exact) mass is 245 g/mol. The highest BCUT2D eigenvalue weighted by Gasteiger charge is 2.19. The summed E-state index contributed by atoms with van der Waals surface area (Å²) in [6.45, 7) is 1.82. The van der Waals surface area contributed by atoms with Gasteiger partial charge >= 0.3 is 0 Å². The molecule has 0 aliphatic rings. The molecule has 0 bridgehead atoms. The largest absolute Gasteiger partial charge is 0.345 e. The molecule has 6 nitrogen and oxygen atoms in total. The molecule has 1 aromatic heterocycles. The van der Waals surface area contributed by atoms with Crippen LogP contribution in [0.15, 0.2) is 36.7 Å². The second-order valence-corrected chi connectivity index (χ2v) is 3.99. The lowest BCUT2D eigenvalue weighted by atomic mass is 10.1. The minimum Gasteiger partial charge on any atom is -0.345 e. The van der Waals surface area contributed by atoms with E-state index in [9.17, 15) is 4.79 Å². The molecule has 1 unspecified atom stereocenters. The van der Waals surface area contributed by atoms with Crippen molar-refractivity contribution in [1.29, 1.82) is 0 Å². The van der Waals surface area contributed by atoms with Gasteiger partial charge in [0.2, 0.25) is 5.91 Å². The summed E-state index contributed by atoms with van der Waals surface area (Å²) >= 11 is 0. The maximum atomic E-state index is 12.0. The molecule has 2 rings (SSSR count). The summed E-state index contributed by atoms with van der Waals surface area (Å²) in [6, 6.07) is 8.29. The number of hydrogen-bond donors (Lipinski definition) is 3. The summed E-state index contributed by atoms with van der Waals surface area (Å²) in [5.41, 5.74) is 6.66. The van der Waals surface area contributed by atoms with E-state index in [-0.39, 0.29) is 11.9 Å². The highest BCUT2D eigenvalue weighted by Crippen LogP contribution is 2.12. The van der Waals surface area contributed by atoms with E-state index in [1.54, 1.807) is 0 Å². The number of carbonyl (C=O) groups excluding carboxylic acids is 1. The second-order valence-electron chi connectivity index (χ2n) is 3.99. The number of H-pyrrole nitrogens is 1. The number of amides is 1. The number of rotatable bonds is 4. The molecule has 94 valence electrons. The third-order valence-electron chi connectivity index (χ3n) is 2.64. The first-order chi connectivity index (χ1) is 8.68. The lowest BCUT2D eigenvalue weighted by Gasteiger charge is -2.16. The quantitative estimate of drug-likeness (QED) is 0.738. The van der Waals surface area contributed by atoms with E-state index in [1.807, 2.05) is 37.3 Å². The molecule has 2 aromatic rings. The summed E-state index contributed by atoms with van der Waals surface area (Å²) in [6.07, 6.45) is 1.40. The fourth-order valence-corrected chi connectivity index (χ4v) is 1.61. The zero-order valence-corrected chi connectivity index (χ0v) is 10.00. The fraction of sp³-hybridized carbons (Fsp3) is 0.250. The Balaban J connectivity index is 2.00. The molecule has 0 radical (unpaired) electrons. The average molecular weight is 245 g/mol. The molecule has 6 heteroatoms. The van der Waals surface area contributed by atoms with Crippen LogP contribution >= 0.6 is 0 Å². The predicted molar refractivity (Wildman–Crippen MR) is 66.3 cm³/mol. The summed E-state index contributed by atoms with van der Waals surface area (Å²) < 4.78 is 0. The standard InChI is InChI=1S/C12H15N5O/c1-8(11-14-7-15-17-11)16-12(18)10(13)9-5-3-2-4-6-9/h2-8,10H,13H2,1H3,(H,16,18)(H,14,15,17)/t8?,10-/m0/s1. The number of aromatic nitrogens is 3. The second kappa shape index (κ2) is 5.42. The van der Waals surface area contributed by atoms with E-state index >= 15 is 0 Å². The molecule has 2 atom stereocenters. The van der Waals surface area contributed by atoms with Crippen LogP contribution in [-0.4, -0.2) is 21.1 Å². The van der Waals surface area contributed by atoms with Crippen LogP contribution in [0.1, 0.15) is 30.4 Å². The molecule has 0 fully saturated rings. The first kappa shape index (κ1) is 12.3. The van der Waals surface area contributed by atoms with Crippen molar-refractivity contribution in [3.63, 3.8) is 0 Å². The van der Waals surface area contributed by atoms with Crippen LogP contribution in [0.5, 0.6) is 0 Å². The molecule has 1 heterocycles. The average Bonchev–Trinajstić information content (AvgIpc) is 2.92. The Morgan fingerprint density at radius 1 is 1.39 bits per heavy atom. The summed E-state index contributed by atoms with van der Waals surface area (Å²) in [7, 11) is 0. The molecule has 4 N–H and O–H groups in total. The van der Waals surface area contributed by atoms with Gasteiger partial charge in [-0.1, -0.05) is 30.3 Å². The van der Waals surface area contributed by atoms with Gasteiger partial charge in [-0.2, -0.15) is 5.10 Å². The molecule has 1 aromatic carbocycles. The molecule has 18 heavy (non-hydrogen) atoms. The molecule has 1 amide bonds. The summed E-state index contributed by atoms with van der Waals surface area (Å²) in [5.74, 6) is 0.355. The highest BCUT2D eigenvalue weighted by atomic mass is 16.2. The van der Waals surface area contributed by atoms with Crippen LogP contribution in [0.4, 0.5) is 0 Å². The minimum atomic E-state index is -0.684. The van der Waals surface area contributed by atoms with Gasteiger partial charge in [0.25, 0.3) is 0 Å². The Kier molecular flexibility index (Phi) is 3.69. The number of hydrogen-bond acceptors (Lipinski definition) is 4. The molecule has 0 aliphatic heterocycles. The smallest absolute Gasteiger partial charge is 0.242 e. The van der Waals surface area contributed by atoms with Gasteiger partial charge in [0.15, 0.2) is 0 Å². The number of nitrogens with one attached hydrogen (secondary N) is 2.